The van der Waals surface area contributed by atoms with Gasteiger partial charge in [-0.1, -0.05) is 13.3 Å². The highest BCUT2D eigenvalue weighted by Crippen LogP contribution is 2.04. The second kappa shape index (κ2) is 6.41. The molecule has 0 saturated heterocycles. The molecular weight excluding hydrogens is 280 g/mol. The van der Waals surface area contributed by atoms with Crippen LogP contribution in [0, 0.1) is 0 Å². The fourth-order valence-corrected chi connectivity index (χ4v) is 2.78. The molecule has 0 aromatic carbocycles. The van der Waals surface area contributed by atoms with E-state index in [0.717, 1.165) is 6.42 Å². The van der Waals surface area contributed by atoms with Gasteiger partial charge >= 0.3 is 15.3 Å². The Morgan fingerprint density at radius 1 is 1.19 bits per heavy atom. The van der Waals surface area contributed by atoms with Crippen molar-refractivity contribution >= 4 is 35.8 Å². The first kappa shape index (κ1) is 15.7. The van der Waals surface area contributed by atoms with Crippen LogP contribution in [0.25, 0.3) is 0 Å². The first-order valence-corrected chi connectivity index (χ1v) is 8.59. The highest BCUT2D eigenvalue weighted by Gasteiger charge is 2.17. The zero-order valence-corrected chi connectivity index (χ0v) is 11.1. The van der Waals surface area contributed by atoms with Gasteiger partial charge in [-0.25, -0.2) is 8.42 Å². The number of hydrogen-bond acceptors (Lipinski definition) is 6. The van der Waals surface area contributed by atoms with Gasteiger partial charge in [-0.15, -0.1) is 0 Å². The van der Waals surface area contributed by atoms with Crippen LogP contribution in [-0.2, 0) is 28.1 Å². The lowest BCUT2D eigenvalue weighted by molar-refractivity contribution is -0.133. The van der Waals surface area contributed by atoms with Crippen LogP contribution >= 0.6 is 10.7 Å². The summed E-state index contributed by atoms with van der Waals surface area (Å²) in [7, 11) is -3.07. The molecule has 0 spiro atoms. The quantitative estimate of drug-likeness (QED) is 0.638. The number of rotatable bonds is 7. The van der Waals surface area contributed by atoms with E-state index in [-0.39, 0.29) is 5.75 Å². The normalized spacial score (nSPS) is 12.4. The Hall–Kier alpha value is -0.340. The van der Waals surface area contributed by atoms with Crippen LogP contribution in [0.4, 0.5) is 0 Å². The smallest absolute Gasteiger partial charge is 0.334 e. The van der Waals surface area contributed by atoms with Gasteiger partial charge in [0.1, 0.15) is 0 Å². The predicted octanol–water partition coefficient (Wildman–Crippen LogP) is 0.618. The van der Waals surface area contributed by atoms with E-state index in [1.165, 1.54) is 0 Å². The van der Waals surface area contributed by atoms with Crippen LogP contribution < -0.4 is 0 Å². The summed E-state index contributed by atoms with van der Waals surface area (Å²) in [5, 5.41) is 0. The molecular formula is C7H13ClO6S2. The molecule has 0 bridgehead atoms. The van der Waals surface area contributed by atoms with Crippen LogP contribution in [0.15, 0.2) is 0 Å². The monoisotopic (exact) mass is 292 g/mol. The molecule has 0 amide bonds. The van der Waals surface area contributed by atoms with E-state index in [1.807, 2.05) is 6.92 Å². The number of unbranched alkanes of at least 4 members (excludes halogenated alkanes) is 1. The number of halogens is 1. The standard InChI is InChI=1S/C7H13ClO6S2/c1-2-3-5-15(10,11)6-4-7(9)14-16(8,12)13/h2-6H2,1H3. The van der Waals surface area contributed by atoms with Gasteiger partial charge in [0.25, 0.3) is 0 Å². The first-order chi connectivity index (χ1) is 7.16. The van der Waals surface area contributed by atoms with Crippen molar-refractivity contribution in [2.24, 2.45) is 0 Å². The molecule has 0 fully saturated rings. The van der Waals surface area contributed by atoms with E-state index in [2.05, 4.69) is 14.9 Å². The van der Waals surface area contributed by atoms with Crippen molar-refractivity contribution in [2.45, 2.75) is 26.2 Å². The predicted molar refractivity (Wildman–Crippen MR) is 59.0 cm³/mol. The molecule has 0 atom stereocenters. The SMILES string of the molecule is CCCCS(=O)(=O)CCC(=O)OS(=O)(=O)Cl. The van der Waals surface area contributed by atoms with Crippen molar-refractivity contribution in [1.82, 2.24) is 0 Å². The number of carbonyl (C=O) groups excluding carboxylic acids is 1. The van der Waals surface area contributed by atoms with Crippen molar-refractivity contribution < 1.29 is 25.8 Å². The van der Waals surface area contributed by atoms with E-state index in [0.29, 0.717) is 6.42 Å². The number of carbonyl (C=O) groups is 1. The third-order valence-corrected chi connectivity index (χ3v) is 3.93. The zero-order chi connectivity index (χ0) is 12.8. The molecule has 0 unspecified atom stereocenters. The average molecular weight is 293 g/mol. The maximum atomic E-state index is 11.3. The lowest BCUT2D eigenvalue weighted by atomic mass is 10.4. The summed E-state index contributed by atoms with van der Waals surface area (Å²) in [6.45, 7) is 1.84. The fraction of sp³-hybridized carbons (Fsp3) is 0.857. The van der Waals surface area contributed by atoms with Crippen LogP contribution in [0.1, 0.15) is 26.2 Å². The van der Waals surface area contributed by atoms with Gasteiger partial charge in [0.15, 0.2) is 9.84 Å². The van der Waals surface area contributed by atoms with Crippen molar-refractivity contribution in [1.29, 1.82) is 0 Å². The molecule has 0 aliphatic carbocycles. The molecule has 0 aliphatic rings. The topological polar surface area (TPSA) is 94.6 Å². The van der Waals surface area contributed by atoms with Crippen LogP contribution in [0.5, 0.6) is 0 Å². The minimum Gasteiger partial charge on any atom is -0.334 e. The fourth-order valence-electron chi connectivity index (χ4n) is 0.858. The average Bonchev–Trinajstić information content (AvgIpc) is 2.09. The molecule has 0 rings (SSSR count). The van der Waals surface area contributed by atoms with Gasteiger partial charge in [0.05, 0.1) is 28.6 Å². The van der Waals surface area contributed by atoms with Gasteiger partial charge in [-0.2, -0.15) is 8.42 Å². The van der Waals surface area contributed by atoms with E-state index in [9.17, 15) is 21.6 Å². The van der Waals surface area contributed by atoms with E-state index in [1.54, 1.807) is 0 Å². The van der Waals surface area contributed by atoms with Gasteiger partial charge in [-0.3, -0.25) is 4.79 Å². The van der Waals surface area contributed by atoms with Crippen molar-refractivity contribution in [3.8, 4) is 0 Å². The molecule has 0 aliphatic heterocycles. The molecule has 0 heterocycles. The Kier molecular flexibility index (Phi) is 6.27. The third-order valence-electron chi connectivity index (χ3n) is 1.62. The summed E-state index contributed by atoms with van der Waals surface area (Å²) in [6.07, 6.45) is 0.711. The number of sulfone groups is 1. The molecule has 0 saturated carbocycles. The van der Waals surface area contributed by atoms with Gasteiger partial charge in [0, 0.05) is 0 Å². The van der Waals surface area contributed by atoms with E-state index < -0.39 is 37.3 Å². The molecule has 0 radical (unpaired) electrons. The van der Waals surface area contributed by atoms with Crippen LogP contribution in [-0.4, -0.2) is 34.3 Å². The van der Waals surface area contributed by atoms with Crippen molar-refractivity contribution in [3.05, 3.63) is 0 Å². The van der Waals surface area contributed by atoms with Crippen LogP contribution in [0.2, 0.25) is 0 Å². The molecule has 96 valence electrons. The summed E-state index contributed by atoms with van der Waals surface area (Å²) in [4.78, 5) is 10.8. The Balaban J connectivity index is 4.11. The summed E-state index contributed by atoms with van der Waals surface area (Å²) >= 11 is 0. The largest absolute Gasteiger partial charge is 0.403 e. The zero-order valence-electron chi connectivity index (χ0n) is 8.68. The summed E-state index contributed by atoms with van der Waals surface area (Å²) in [5.74, 6) is -1.63. The number of hydrogen-bond donors (Lipinski definition) is 0. The summed E-state index contributed by atoms with van der Waals surface area (Å²) in [6, 6.07) is 0. The molecule has 16 heavy (non-hydrogen) atoms. The molecule has 6 nitrogen and oxygen atoms in total. The maximum Gasteiger partial charge on any atom is 0.403 e. The van der Waals surface area contributed by atoms with Crippen molar-refractivity contribution in [2.75, 3.05) is 11.5 Å². The highest BCUT2D eigenvalue weighted by molar-refractivity contribution is 8.10. The first-order valence-electron chi connectivity index (χ1n) is 4.53. The molecule has 0 aromatic heterocycles. The third kappa shape index (κ3) is 8.93. The Morgan fingerprint density at radius 2 is 1.75 bits per heavy atom. The van der Waals surface area contributed by atoms with E-state index >= 15 is 0 Å². The summed E-state index contributed by atoms with van der Waals surface area (Å²) < 4.78 is 46.9. The molecule has 0 N–H and O–H groups in total. The summed E-state index contributed by atoms with van der Waals surface area (Å²) in [5.41, 5.74) is 0. The van der Waals surface area contributed by atoms with Gasteiger partial charge in [-0.05, 0) is 6.42 Å². The maximum absolute atomic E-state index is 11.3. The Morgan fingerprint density at radius 3 is 2.19 bits per heavy atom. The molecule has 9 heteroatoms. The van der Waals surface area contributed by atoms with Gasteiger partial charge in [0.2, 0.25) is 0 Å². The highest BCUT2D eigenvalue weighted by atomic mass is 35.7. The van der Waals surface area contributed by atoms with Gasteiger partial charge < -0.3 is 4.18 Å². The molecule has 0 aromatic rings. The van der Waals surface area contributed by atoms with Crippen LogP contribution in [0.3, 0.4) is 0 Å². The lowest BCUT2D eigenvalue weighted by Crippen LogP contribution is -2.16. The minimum absolute atomic E-state index is 0.0234. The van der Waals surface area contributed by atoms with Crippen molar-refractivity contribution in [3.63, 3.8) is 0 Å². The lowest BCUT2D eigenvalue weighted by Gasteiger charge is -2.02. The minimum atomic E-state index is -4.38. The second-order valence-corrected chi connectivity index (χ2v) is 7.49. The Labute approximate surface area is 99.5 Å². The second-order valence-electron chi connectivity index (χ2n) is 3.10. The van der Waals surface area contributed by atoms with E-state index in [4.69, 9.17) is 0 Å². The Bertz CT molecular complexity index is 424.